The summed E-state index contributed by atoms with van der Waals surface area (Å²) in [5.74, 6) is -4.10. The zero-order valence-corrected chi connectivity index (χ0v) is 16.3. The van der Waals surface area contributed by atoms with E-state index in [1.165, 1.54) is 42.5 Å². The van der Waals surface area contributed by atoms with Gasteiger partial charge in [-0.1, -0.05) is 29.8 Å². The summed E-state index contributed by atoms with van der Waals surface area (Å²) in [7, 11) is 1.12. The molecule has 0 unspecified atom stereocenters. The molecule has 0 aromatic heterocycles. The summed E-state index contributed by atoms with van der Waals surface area (Å²) in [6.07, 6.45) is 0. The van der Waals surface area contributed by atoms with Gasteiger partial charge in [0.2, 0.25) is 11.6 Å². The Kier molecular flexibility index (Phi) is 5.75. The zero-order chi connectivity index (χ0) is 22.0. The molecule has 0 radical (unpaired) electrons. The Labute approximate surface area is 175 Å². The second-order valence-corrected chi connectivity index (χ2v) is 6.65. The Hall–Kier alpha value is -3.84. The molecule has 30 heavy (non-hydrogen) atoms. The average Bonchev–Trinajstić information content (AvgIpc) is 2.74. The van der Waals surface area contributed by atoms with Gasteiger partial charge in [0.25, 0.3) is 0 Å². The first-order valence-corrected chi connectivity index (χ1v) is 8.94. The molecule has 0 amide bonds. The number of esters is 1. The Morgan fingerprint density at radius 2 is 1.23 bits per heavy atom. The standard InChI is InChI=1S/C22H15ClO7/c1-30-22(29)14-7-4-6-13(19(14)26)20(27)16-10-11(23)9-15(21(16)28)18(25)12-5-2-3-8-17(12)24/h2-10,24,26,28H,1H3. The van der Waals surface area contributed by atoms with Crippen molar-refractivity contribution < 1.29 is 34.4 Å². The van der Waals surface area contributed by atoms with E-state index in [4.69, 9.17) is 11.6 Å². The number of benzene rings is 3. The van der Waals surface area contributed by atoms with E-state index in [1.807, 2.05) is 0 Å². The molecule has 3 aromatic rings. The van der Waals surface area contributed by atoms with Crippen molar-refractivity contribution in [1.29, 1.82) is 0 Å². The molecule has 0 atom stereocenters. The summed E-state index contributed by atoms with van der Waals surface area (Å²) in [6, 6.07) is 11.9. The fourth-order valence-corrected chi connectivity index (χ4v) is 3.12. The van der Waals surface area contributed by atoms with Crippen molar-refractivity contribution in [2.45, 2.75) is 0 Å². The summed E-state index contributed by atoms with van der Waals surface area (Å²) in [4.78, 5) is 37.6. The van der Waals surface area contributed by atoms with E-state index in [0.29, 0.717) is 0 Å². The number of hydrogen-bond donors (Lipinski definition) is 3. The number of carbonyl (C=O) groups excluding carboxylic acids is 3. The molecule has 0 saturated heterocycles. The van der Waals surface area contributed by atoms with Crippen LogP contribution in [0.15, 0.2) is 54.6 Å². The van der Waals surface area contributed by atoms with Gasteiger partial charge in [-0.3, -0.25) is 9.59 Å². The number of ether oxygens (including phenoxy) is 1. The number of aromatic hydroxyl groups is 3. The van der Waals surface area contributed by atoms with Crippen molar-refractivity contribution in [2.75, 3.05) is 7.11 Å². The molecular weight excluding hydrogens is 412 g/mol. The lowest BCUT2D eigenvalue weighted by Gasteiger charge is -2.12. The Morgan fingerprint density at radius 3 is 1.83 bits per heavy atom. The second-order valence-electron chi connectivity index (χ2n) is 6.22. The van der Waals surface area contributed by atoms with Crippen molar-refractivity contribution in [2.24, 2.45) is 0 Å². The summed E-state index contributed by atoms with van der Waals surface area (Å²) < 4.78 is 4.56. The molecule has 0 aliphatic rings. The summed E-state index contributed by atoms with van der Waals surface area (Å²) >= 11 is 6.05. The minimum absolute atomic E-state index is 0.0291. The highest BCUT2D eigenvalue weighted by atomic mass is 35.5. The Bertz CT molecular complexity index is 1180. The molecule has 0 aliphatic heterocycles. The van der Waals surface area contributed by atoms with Crippen molar-refractivity contribution >= 4 is 29.1 Å². The topological polar surface area (TPSA) is 121 Å². The van der Waals surface area contributed by atoms with Gasteiger partial charge in [0.1, 0.15) is 22.8 Å². The van der Waals surface area contributed by atoms with Crippen LogP contribution in [0.5, 0.6) is 17.2 Å². The fourth-order valence-electron chi connectivity index (χ4n) is 2.90. The predicted molar refractivity (Wildman–Crippen MR) is 108 cm³/mol. The minimum Gasteiger partial charge on any atom is -0.507 e. The molecule has 0 bridgehead atoms. The maximum Gasteiger partial charge on any atom is 0.341 e. The lowest BCUT2D eigenvalue weighted by Crippen LogP contribution is -2.09. The number of halogens is 1. The summed E-state index contributed by atoms with van der Waals surface area (Å²) in [5, 5.41) is 30.9. The summed E-state index contributed by atoms with van der Waals surface area (Å²) in [5.41, 5.74) is -1.30. The third-order valence-electron chi connectivity index (χ3n) is 4.40. The molecule has 0 heterocycles. The van der Waals surface area contributed by atoms with Crippen LogP contribution in [0.3, 0.4) is 0 Å². The lowest BCUT2D eigenvalue weighted by molar-refractivity contribution is 0.0597. The maximum atomic E-state index is 13.0. The normalized spacial score (nSPS) is 10.5. The van der Waals surface area contributed by atoms with E-state index in [9.17, 15) is 29.7 Å². The molecule has 3 aromatic carbocycles. The average molecular weight is 427 g/mol. The van der Waals surface area contributed by atoms with Crippen molar-refractivity contribution in [3.8, 4) is 17.2 Å². The quantitative estimate of drug-likeness (QED) is 0.420. The van der Waals surface area contributed by atoms with Gasteiger partial charge in [-0.2, -0.15) is 0 Å². The van der Waals surface area contributed by atoms with Crippen LogP contribution in [0.2, 0.25) is 5.02 Å². The SMILES string of the molecule is COC(=O)c1cccc(C(=O)c2cc(Cl)cc(C(=O)c3ccccc3O)c2O)c1O. The molecule has 0 aliphatic carbocycles. The number of hydrogen-bond acceptors (Lipinski definition) is 7. The van der Waals surface area contributed by atoms with E-state index in [-0.39, 0.29) is 38.6 Å². The molecular formula is C22H15ClO7. The highest BCUT2D eigenvalue weighted by molar-refractivity contribution is 6.32. The first-order valence-electron chi connectivity index (χ1n) is 8.56. The number of methoxy groups -OCH3 is 1. The van der Waals surface area contributed by atoms with E-state index >= 15 is 0 Å². The van der Waals surface area contributed by atoms with Crippen molar-refractivity contribution in [1.82, 2.24) is 0 Å². The number of rotatable bonds is 5. The predicted octanol–water partition coefficient (Wildman–Crippen LogP) is 3.71. The van der Waals surface area contributed by atoms with Gasteiger partial charge in [-0.05, 0) is 36.4 Å². The molecule has 0 fully saturated rings. The van der Waals surface area contributed by atoms with Crippen LogP contribution in [0, 0.1) is 0 Å². The van der Waals surface area contributed by atoms with Gasteiger partial charge < -0.3 is 20.1 Å². The molecule has 0 saturated carbocycles. The third kappa shape index (κ3) is 3.70. The van der Waals surface area contributed by atoms with Crippen LogP contribution < -0.4 is 0 Å². The third-order valence-corrected chi connectivity index (χ3v) is 4.62. The molecule has 152 valence electrons. The molecule has 0 spiro atoms. The molecule has 7 nitrogen and oxygen atoms in total. The number of carbonyl (C=O) groups is 3. The van der Waals surface area contributed by atoms with Crippen LogP contribution in [-0.2, 0) is 4.74 Å². The highest BCUT2D eigenvalue weighted by Gasteiger charge is 2.26. The minimum atomic E-state index is -0.871. The smallest absolute Gasteiger partial charge is 0.341 e. The fraction of sp³-hybridized carbons (Fsp3) is 0.0455. The maximum absolute atomic E-state index is 13.0. The molecule has 8 heteroatoms. The van der Waals surface area contributed by atoms with Crippen LogP contribution in [0.25, 0.3) is 0 Å². The Balaban J connectivity index is 2.13. The second kappa shape index (κ2) is 8.26. The number of para-hydroxylation sites is 2. The Morgan fingerprint density at radius 1 is 0.733 bits per heavy atom. The van der Waals surface area contributed by atoms with E-state index in [0.717, 1.165) is 19.2 Å². The van der Waals surface area contributed by atoms with Crippen LogP contribution in [0.4, 0.5) is 0 Å². The number of ketones is 2. The van der Waals surface area contributed by atoms with E-state index in [1.54, 1.807) is 0 Å². The van der Waals surface area contributed by atoms with Gasteiger partial charge in [-0.15, -0.1) is 0 Å². The summed E-state index contributed by atoms with van der Waals surface area (Å²) in [6.45, 7) is 0. The van der Waals surface area contributed by atoms with Crippen LogP contribution in [0.1, 0.15) is 42.2 Å². The van der Waals surface area contributed by atoms with Gasteiger partial charge >= 0.3 is 5.97 Å². The van der Waals surface area contributed by atoms with Crippen molar-refractivity contribution in [3.63, 3.8) is 0 Å². The van der Waals surface area contributed by atoms with Gasteiger partial charge in [0.05, 0.1) is 29.4 Å². The van der Waals surface area contributed by atoms with Gasteiger partial charge in [0.15, 0.2) is 0 Å². The first-order chi connectivity index (χ1) is 14.3. The van der Waals surface area contributed by atoms with Gasteiger partial charge in [0, 0.05) is 5.02 Å². The lowest BCUT2D eigenvalue weighted by atomic mass is 9.94. The van der Waals surface area contributed by atoms with Gasteiger partial charge in [-0.25, -0.2) is 4.79 Å². The highest BCUT2D eigenvalue weighted by Crippen LogP contribution is 2.34. The zero-order valence-electron chi connectivity index (χ0n) is 15.5. The van der Waals surface area contributed by atoms with Crippen LogP contribution in [-0.4, -0.2) is 40.0 Å². The van der Waals surface area contributed by atoms with Crippen molar-refractivity contribution in [3.05, 3.63) is 87.4 Å². The largest absolute Gasteiger partial charge is 0.507 e. The van der Waals surface area contributed by atoms with E-state index in [2.05, 4.69) is 4.74 Å². The number of phenols is 3. The van der Waals surface area contributed by atoms with E-state index < -0.39 is 29.0 Å². The first kappa shape index (κ1) is 20.9. The number of phenolic OH excluding ortho intramolecular Hbond substituents is 3. The van der Waals surface area contributed by atoms with Crippen LogP contribution >= 0.6 is 11.6 Å². The molecule has 3 N–H and O–H groups in total. The molecule has 3 rings (SSSR count). The monoisotopic (exact) mass is 426 g/mol.